The fraction of sp³-hybridized carbons (Fsp3) is 0.818. The highest BCUT2D eigenvalue weighted by Gasteiger charge is 2.47. The number of hydrogen-bond acceptors (Lipinski definition) is 4. The summed E-state index contributed by atoms with van der Waals surface area (Å²) in [5.41, 5.74) is -0.175. The summed E-state index contributed by atoms with van der Waals surface area (Å²) < 4.78 is 9.88. The highest BCUT2D eigenvalue weighted by molar-refractivity contribution is 5.95. The van der Waals surface area contributed by atoms with Crippen molar-refractivity contribution in [3.8, 4) is 0 Å². The molecule has 1 saturated heterocycles. The Balaban J connectivity index is 2.83. The van der Waals surface area contributed by atoms with Gasteiger partial charge < -0.3 is 9.47 Å². The molecular formula is C11H18O4. The summed E-state index contributed by atoms with van der Waals surface area (Å²) in [7, 11) is 0. The zero-order valence-corrected chi connectivity index (χ0v) is 9.70. The first-order valence-electron chi connectivity index (χ1n) is 5.23. The van der Waals surface area contributed by atoms with Crippen LogP contribution >= 0.6 is 0 Å². The molecule has 1 heterocycles. The number of carbonyl (C=O) groups is 2. The topological polar surface area (TPSA) is 52.6 Å². The third kappa shape index (κ3) is 2.30. The van der Waals surface area contributed by atoms with E-state index < -0.39 is 17.9 Å². The lowest BCUT2D eigenvalue weighted by Crippen LogP contribution is -2.47. The van der Waals surface area contributed by atoms with E-state index in [1.54, 1.807) is 6.92 Å². The second-order valence-electron chi connectivity index (χ2n) is 4.61. The van der Waals surface area contributed by atoms with Crippen LogP contribution in [0.4, 0.5) is 0 Å². The van der Waals surface area contributed by atoms with E-state index >= 15 is 0 Å². The van der Waals surface area contributed by atoms with Gasteiger partial charge in [0, 0.05) is 5.41 Å². The zero-order chi connectivity index (χ0) is 11.6. The lowest BCUT2D eigenvalue weighted by Gasteiger charge is -2.39. The molecule has 0 unspecified atom stereocenters. The Bertz CT molecular complexity index is 270. The van der Waals surface area contributed by atoms with Crippen molar-refractivity contribution >= 4 is 11.9 Å². The summed E-state index contributed by atoms with van der Waals surface area (Å²) in [6.45, 7) is 8.23. The van der Waals surface area contributed by atoms with Crippen LogP contribution in [-0.2, 0) is 19.1 Å². The molecule has 1 fully saturated rings. The van der Waals surface area contributed by atoms with Gasteiger partial charge in [-0.15, -0.1) is 0 Å². The van der Waals surface area contributed by atoms with Gasteiger partial charge in [-0.3, -0.25) is 9.59 Å². The van der Waals surface area contributed by atoms with Gasteiger partial charge in [-0.05, 0) is 12.8 Å². The van der Waals surface area contributed by atoms with Gasteiger partial charge in [-0.1, -0.05) is 20.8 Å². The van der Waals surface area contributed by atoms with Crippen molar-refractivity contribution in [3.05, 3.63) is 0 Å². The van der Waals surface area contributed by atoms with E-state index in [1.807, 2.05) is 20.8 Å². The van der Waals surface area contributed by atoms with E-state index in [1.165, 1.54) is 0 Å². The van der Waals surface area contributed by atoms with Gasteiger partial charge in [0.1, 0.15) is 0 Å². The third-order valence-electron chi connectivity index (χ3n) is 3.11. The van der Waals surface area contributed by atoms with Gasteiger partial charge >= 0.3 is 11.9 Å². The third-order valence-corrected chi connectivity index (χ3v) is 3.11. The molecule has 15 heavy (non-hydrogen) atoms. The van der Waals surface area contributed by atoms with Crippen molar-refractivity contribution in [2.45, 2.75) is 27.7 Å². The van der Waals surface area contributed by atoms with E-state index in [0.717, 1.165) is 0 Å². The fourth-order valence-corrected chi connectivity index (χ4v) is 1.67. The first-order chi connectivity index (χ1) is 6.90. The molecule has 0 spiro atoms. The minimum atomic E-state index is -0.770. The molecule has 4 heteroatoms. The summed E-state index contributed by atoms with van der Waals surface area (Å²) in [5, 5.41) is 0. The number of esters is 2. The minimum Gasteiger partial charge on any atom is -0.465 e. The molecule has 0 radical (unpaired) electrons. The Morgan fingerprint density at radius 2 is 2.20 bits per heavy atom. The minimum absolute atomic E-state index is 0.0576. The normalized spacial score (nSPS) is 29.5. The van der Waals surface area contributed by atoms with Crippen molar-refractivity contribution in [1.82, 2.24) is 0 Å². The Morgan fingerprint density at radius 1 is 1.60 bits per heavy atom. The van der Waals surface area contributed by atoms with Gasteiger partial charge in [0.15, 0.2) is 5.92 Å². The van der Waals surface area contributed by atoms with Gasteiger partial charge in [-0.25, -0.2) is 0 Å². The highest BCUT2D eigenvalue weighted by atomic mass is 16.6. The number of ether oxygens (including phenoxy) is 2. The van der Waals surface area contributed by atoms with E-state index in [0.29, 0.717) is 6.61 Å². The van der Waals surface area contributed by atoms with Gasteiger partial charge in [0.2, 0.25) is 0 Å². The molecule has 0 aromatic heterocycles. The Hall–Kier alpha value is -1.06. The number of cyclic esters (lactones) is 1. The molecule has 86 valence electrons. The van der Waals surface area contributed by atoms with Crippen molar-refractivity contribution in [2.24, 2.45) is 17.3 Å². The maximum Gasteiger partial charge on any atom is 0.320 e. The number of rotatable bonds is 2. The molecule has 0 saturated carbocycles. The first kappa shape index (κ1) is 12.0. The van der Waals surface area contributed by atoms with Crippen LogP contribution in [0.25, 0.3) is 0 Å². The molecule has 1 aliphatic heterocycles. The van der Waals surface area contributed by atoms with Crippen molar-refractivity contribution < 1.29 is 19.1 Å². The standard InChI is InChI=1S/C11H18O4/c1-5-14-9(12)8-7(2)11(3,4)6-15-10(8)13/h7-8H,5-6H2,1-4H3/t7-,8+/m1/s1. The van der Waals surface area contributed by atoms with E-state index in [2.05, 4.69) is 0 Å². The molecular weight excluding hydrogens is 196 g/mol. The lowest BCUT2D eigenvalue weighted by atomic mass is 9.71. The molecule has 1 aliphatic rings. The number of hydrogen-bond donors (Lipinski definition) is 0. The molecule has 0 amide bonds. The molecule has 0 bridgehead atoms. The maximum atomic E-state index is 11.6. The van der Waals surface area contributed by atoms with Crippen LogP contribution in [0, 0.1) is 17.3 Å². The van der Waals surface area contributed by atoms with Crippen LogP contribution in [-0.4, -0.2) is 25.2 Å². The predicted octanol–water partition coefficient (Wildman–Crippen LogP) is 1.38. The highest BCUT2D eigenvalue weighted by Crippen LogP contribution is 2.37. The molecule has 4 nitrogen and oxygen atoms in total. The molecule has 0 aliphatic carbocycles. The summed E-state index contributed by atoms with van der Waals surface area (Å²) in [6, 6.07) is 0. The van der Waals surface area contributed by atoms with Crippen molar-refractivity contribution in [3.63, 3.8) is 0 Å². The van der Waals surface area contributed by atoms with Gasteiger partial charge in [-0.2, -0.15) is 0 Å². The SMILES string of the molecule is CCOC(=O)[C@H]1C(=O)OCC(C)(C)[C@@H]1C. The second-order valence-corrected chi connectivity index (χ2v) is 4.61. The smallest absolute Gasteiger partial charge is 0.320 e. The fourth-order valence-electron chi connectivity index (χ4n) is 1.67. The average molecular weight is 214 g/mol. The average Bonchev–Trinajstić information content (AvgIpc) is 2.14. The van der Waals surface area contributed by atoms with Crippen LogP contribution in [0.5, 0.6) is 0 Å². The summed E-state index contributed by atoms with van der Waals surface area (Å²) in [6.07, 6.45) is 0. The van der Waals surface area contributed by atoms with E-state index in [-0.39, 0.29) is 17.9 Å². The zero-order valence-electron chi connectivity index (χ0n) is 9.70. The van der Waals surface area contributed by atoms with Crippen LogP contribution < -0.4 is 0 Å². The van der Waals surface area contributed by atoms with E-state index in [9.17, 15) is 9.59 Å². The largest absolute Gasteiger partial charge is 0.465 e. The monoisotopic (exact) mass is 214 g/mol. The molecule has 1 rings (SSSR count). The van der Waals surface area contributed by atoms with Gasteiger partial charge in [0.25, 0.3) is 0 Å². The first-order valence-corrected chi connectivity index (χ1v) is 5.23. The van der Waals surface area contributed by atoms with Crippen LogP contribution in [0.15, 0.2) is 0 Å². The maximum absolute atomic E-state index is 11.6. The van der Waals surface area contributed by atoms with Crippen molar-refractivity contribution in [1.29, 1.82) is 0 Å². The van der Waals surface area contributed by atoms with Crippen LogP contribution in [0.2, 0.25) is 0 Å². The second kappa shape index (κ2) is 4.21. The van der Waals surface area contributed by atoms with E-state index in [4.69, 9.17) is 9.47 Å². The predicted molar refractivity (Wildman–Crippen MR) is 54.0 cm³/mol. The van der Waals surface area contributed by atoms with Crippen LogP contribution in [0.1, 0.15) is 27.7 Å². The molecule has 0 aromatic rings. The quantitative estimate of drug-likeness (QED) is 0.515. The summed E-state index contributed by atoms with van der Waals surface area (Å²) in [5.74, 6) is -1.76. The molecule has 0 aromatic carbocycles. The molecule has 0 N–H and O–H groups in total. The van der Waals surface area contributed by atoms with Gasteiger partial charge in [0.05, 0.1) is 13.2 Å². The Morgan fingerprint density at radius 3 is 2.73 bits per heavy atom. The summed E-state index contributed by atoms with van der Waals surface area (Å²) in [4.78, 5) is 23.1. The Labute approximate surface area is 89.9 Å². The van der Waals surface area contributed by atoms with Crippen LogP contribution in [0.3, 0.4) is 0 Å². The van der Waals surface area contributed by atoms with Crippen molar-refractivity contribution in [2.75, 3.05) is 13.2 Å². The molecule has 2 atom stereocenters. The number of carbonyl (C=O) groups excluding carboxylic acids is 2. The lowest BCUT2D eigenvalue weighted by molar-refractivity contribution is -0.178. The Kier molecular flexibility index (Phi) is 3.37. The summed E-state index contributed by atoms with van der Waals surface area (Å²) >= 11 is 0.